The molecule has 2 aromatic rings. The number of rotatable bonds is 4. The summed E-state index contributed by atoms with van der Waals surface area (Å²) < 4.78 is 40.6. The third kappa shape index (κ3) is 2.26. The molecule has 24 heavy (non-hydrogen) atoms. The molecule has 2 saturated carbocycles. The van der Waals surface area contributed by atoms with Crippen molar-refractivity contribution in [1.29, 1.82) is 0 Å². The molecule has 2 aromatic heterocycles. The van der Waals surface area contributed by atoms with E-state index in [4.69, 9.17) is 11.6 Å². The van der Waals surface area contributed by atoms with E-state index in [-0.39, 0.29) is 28.7 Å². The molecule has 6 nitrogen and oxygen atoms in total. The number of hydrogen-bond acceptors (Lipinski definition) is 5. The van der Waals surface area contributed by atoms with Gasteiger partial charge in [0.05, 0.1) is 25.0 Å². The van der Waals surface area contributed by atoms with Gasteiger partial charge in [0.15, 0.2) is 16.6 Å². The molecule has 10 heteroatoms. The molecule has 0 bridgehead atoms. The van der Waals surface area contributed by atoms with Crippen LogP contribution in [-0.4, -0.2) is 49.9 Å². The fourth-order valence-corrected chi connectivity index (χ4v) is 3.82. The minimum absolute atomic E-state index is 0.0230. The van der Waals surface area contributed by atoms with Crippen LogP contribution in [0.15, 0.2) is 6.33 Å². The van der Waals surface area contributed by atoms with E-state index in [0.717, 1.165) is 6.42 Å². The molecule has 0 radical (unpaired) electrons. The van der Waals surface area contributed by atoms with Gasteiger partial charge in [-0.3, -0.25) is 0 Å². The van der Waals surface area contributed by atoms with Gasteiger partial charge in [-0.25, -0.2) is 23.1 Å². The fraction of sp³-hybridized carbons (Fsp3) is 0.571. The number of aliphatic hydroxyl groups is 2. The quantitative estimate of drug-likeness (QED) is 0.723. The SMILES string of the molecule is O[C@@H]1[C@H](O)[C@@H]2C[C@@H]2[C@H]1n1cnc2c(NCC(F)F)c(F)c(Cl)nc21. The van der Waals surface area contributed by atoms with E-state index < -0.39 is 42.2 Å². The number of pyridine rings is 1. The summed E-state index contributed by atoms with van der Waals surface area (Å²) in [4.78, 5) is 8.01. The van der Waals surface area contributed by atoms with Gasteiger partial charge in [-0.15, -0.1) is 0 Å². The number of alkyl halides is 2. The van der Waals surface area contributed by atoms with Crippen molar-refractivity contribution in [2.24, 2.45) is 11.8 Å². The topological polar surface area (TPSA) is 83.2 Å². The lowest BCUT2D eigenvalue weighted by atomic mass is 10.1. The number of anilines is 1. The van der Waals surface area contributed by atoms with E-state index >= 15 is 0 Å². The molecule has 2 aliphatic carbocycles. The highest BCUT2D eigenvalue weighted by Gasteiger charge is 2.60. The minimum atomic E-state index is -2.67. The third-order valence-electron chi connectivity index (χ3n) is 4.83. The summed E-state index contributed by atoms with van der Waals surface area (Å²) in [5.74, 6) is -0.850. The lowest BCUT2D eigenvalue weighted by Gasteiger charge is -2.22. The average Bonchev–Trinajstić information content (AvgIpc) is 3.15. The Morgan fingerprint density at radius 1 is 1.33 bits per heavy atom. The second-order valence-corrected chi connectivity index (χ2v) is 6.58. The third-order valence-corrected chi connectivity index (χ3v) is 5.08. The number of fused-ring (bicyclic) bond motifs is 2. The summed E-state index contributed by atoms with van der Waals surface area (Å²) in [6.45, 7) is -0.755. The van der Waals surface area contributed by atoms with E-state index in [1.807, 2.05) is 0 Å². The van der Waals surface area contributed by atoms with E-state index in [1.54, 1.807) is 4.57 Å². The Balaban J connectivity index is 1.79. The molecule has 0 unspecified atom stereocenters. The molecule has 5 atom stereocenters. The first-order valence-electron chi connectivity index (χ1n) is 7.49. The highest BCUT2D eigenvalue weighted by atomic mass is 35.5. The Kier molecular flexibility index (Phi) is 3.63. The maximum Gasteiger partial charge on any atom is 0.255 e. The smallest absolute Gasteiger partial charge is 0.255 e. The maximum absolute atomic E-state index is 14.2. The molecule has 4 rings (SSSR count). The number of nitrogens with zero attached hydrogens (tertiary/aromatic N) is 3. The molecule has 130 valence electrons. The molecule has 3 N–H and O–H groups in total. The van der Waals surface area contributed by atoms with Crippen LogP contribution in [0.2, 0.25) is 5.15 Å². The largest absolute Gasteiger partial charge is 0.390 e. The zero-order chi connectivity index (χ0) is 17.2. The summed E-state index contributed by atoms with van der Waals surface area (Å²) >= 11 is 5.79. The van der Waals surface area contributed by atoms with Crippen molar-refractivity contribution in [2.75, 3.05) is 11.9 Å². The number of aromatic nitrogens is 3. The van der Waals surface area contributed by atoms with E-state index in [9.17, 15) is 23.4 Å². The van der Waals surface area contributed by atoms with Gasteiger partial charge in [0.25, 0.3) is 6.43 Å². The predicted molar refractivity (Wildman–Crippen MR) is 79.6 cm³/mol. The van der Waals surface area contributed by atoms with Gasteiger partial charge in [0.2, 0.25) is 0 Å². The van der Waals surface area contributed by atoms with Crippen LogP contribution >= 0.6 is 11.6 Å². The zero-order valence-corrected chi connectivity index (χ0v) is 13.0. The second kappa shape index (κ2) is 5.47. The average molecular weight is 363 g/mol. The molecule has 0 aromatic carbocycles. The number of nitrogens with one attached hydrogen (secondary N) is 1. The van der Waals surface area contributed by atoms with E-state index in [1.165, 1.54) is 6.33 Å². The Morgan fingerprint density at radius 3 is 2.71 bits per heavy atom. The molecule has 2 heterocycles. The summed E-state index contributed by atoms with van der Waals surface area (Å²) in [7, 11) is 0. The van der Waals surface area contributed by atoms with Crippen molar-refractivity contribution in [3.8, 4) is 0 Å². The molecular weight excluding hydrogens is 349 g/mol. The number of hydrogen-bond donors (Lipinski definition) is 3. The van der Waals surface area contributed by atoms with Gasteiger partial charge in [0, 0.05) is 0 Å². The first kappa shape index (κ1) is 15.9. The molecule has 2 aliphatic rings. The van der Waals surface area contributed by atoms with Crippen LogP contribution in [0.25, 0.3) is 11.2 Å². The van der Waals surface area contributed by atoms with Crippen LogP contribution in [-0.2, 0) is 0 Å². The van der Waals surface area contributed by atoms with Gasteiger partial charge in [-0.2, -0.15) is 0 Å². The Morgan fingerprint density at radius 2 is 2.08 bits per heavy atom. The van der Waals surface area contributed by atoms with Crippen LogP contribution in [0.3, 0.4) is 0 Å². The Hall–Kier alpha value is -1.58. The monoisotopic (exact) mass is 362 g/mol. The standard InChI is InChI=1S/C14H14ClF3N4O2/c15-13-7(18)8(19-2-6(16)17)9-14(21-13)22(3-20-9)10-4-1-5(4)11(23)12(10)24/h3-6,10-12,23-24H,1-2H2,(H,19,21)/t4-,5+,10+,11+,12-/m0/s1. The van der Waals surface area contributed by atoms with Crippen molar-refractivity contribution >= 4 is 28.5 Å². The van der Waals surface area contributed by atoms with Crippen molar-refractivity contribution in [3.05, 3.63) is 17.3 Å². The summed E-state index contributed by atoms with van der Waals surface area (Å²) in [5.41, 5.74) is -0.00487. The molecule has 0 aliphatic heterocycles. The van der Waals surface area contributed by atoms with E-state index in [0.29, 0.717) is 0 Å². The highest BCUT2D eigenvalue weighted by molar-refractivity contribution is 6.30. The molecule has 0 amide bonds. The van der Waals surface area contributed by atoms with Gasteiger partial charge in [0.1, 0.15) is 17.3 Å². The molecule has 0 saturated heterocycles. The summed E-state index contributed by atoms with van der Waals surface area (Å²) in [6.07, 6.45) is -2.36. The van der Waals surface area contributed by atoms with Crippen molar-refractivity contribution in [2.45, 2.75) is 31.1 Å². The second-order valence-electron chi connectivity index (χ2n) is 6.22. The number of aliphatic hydroxyl groups excluding tert-OH is 2. The molecule has 0 spiro atoms. The summed E-state index contributed by atoms with van der Waals surface area (Å²) in [5, 5.41) is 22.0. The number of imidazole rings is 1. The van der Waals surface area contributed by atoms with Crippen molar-refractivity contribution < 1.29 is 23.4 Å². The highest BCUT2D eigenvalue weighted by Crippen LogP contribution is 2.58. The van der Waals surface area contributed by atoms with Crippen LogP contribution in [0, 0.1) is 17.7 Å². The molecular formula is C14H14ClF3N4O2. The van der Waals surface area contributed by atoms with Crippen LogP contribution in [0.4, 0.5) is 18.9 Å². The Labute approximate surface area is 139 Å². The Bertz CT molecular complexity index is 802. The van der Waals surface area contributed by atoms with Crippen molar-refractivity contribution in [3.63, 3.8) is 0 Å². The lowest BCUT2D eigenvalue weighted by Crippen LogP contribution is -2.31. The maximum atomic E-state index is 14.2. The normalized spacial score (nSPS) is 31.7. The lowest BCUT2D eigenvalue weighted by molar-refractivity contribution is 0.00386. The van der Waals surface area contributed by atoms with Crippen LogP contribution in [0.5, 0.6) is 0 Å². The van der Waals surface area contributed by atoms with Gasteiger partial charge in [-0.05, 0) is 18.3 Å². The fourth-order valence-electron chi connectivity index (χ4n) is 3.65. The number of halogens is 4. The first-order chi connectivity index (χ1) is 11.4. The van der Waals surface area contributed by atoms with E-state index in [2.05, 4.69) is 15.3 Å². The van der Waals surface area contributed by atoms with Crippen molar-refractivity contribution in [1.82, 2.24) is 14.5 Å². The van der Waals surface area contributed by atoms with Gasteiger partial charge >= 0.3 is 0 Å². The summed E-state index contributed by atoms with van der Waals surface area (Å²) in [6, 6.07) is -0.452. The predicted octanol–water partition coefficient (Wildman–Crippen LogP) is 1.81. The molecule has 2 fully saturated rings. The minimum Gasteiger partial charge on any atom is -0.390 e. The zero-order valence-electron chi connectivity index (χ0n) is 12.2. The van der Waals surface area contributed by atoms with Gasteiger partial charge < -0.3 is 20.1 Å². The van der Waals surface area contributed by atoms with Crippen LogP contribution < -0.4 is 5.32 Å². The first-order valence-corrected chi connectivity index (χ1v) is 7.87. The van der Waals surface area contributed by atoms with Gasteiger partial charge in [-0.1, -0.05) is 11.6 Å². The van der Waals surface area contributed by atoms with Crippen LogP contribution in [0.1, 0.15) is 12.5 Å².